The number of imidazole rings is 1. The van der Waals surface area contributed by atoms with Crippen molar-refractivity contribution in [3.63, 3.8) is 0 Å². The lowest BCUT2D eigenvalue weighted by Gasteiger charge is -1.98. The Labute approximate surface area is 83.7 Å². The first-order chi connectivity index (χ1) is 6.70. The molecule has 2 aromatic rings. The average molecular weight is 209 g/mol. The summed E-state index contributed by atoms with van der Waals surface area (Å²) in [5.41, 5.74) is 1.57. The van der Waals surface area contributed by atoms with E-state index >= 15 is 0 Å². The molecule has 0 fully saturated rings. The first kappa shape index (κ1) is 8.89. The van der Waals surface area contributed by atoms with Crippen LogP contribution in [-0.2, 0) is 7.05 Å². The summed E-state index contributed by atoms with van der Waals surface area (Å²) in [7, 11) is 1.81. The number of hydrogen-bond donors (Lipinski definition) is 1. The maximum absolute atomic E-state index is 10.8. The van der Waals surface area contributed by atoms with E-state index in [1.807, 2.05) is 7.05 Å². The second kappa shape index (κ2) is 3.22. The molecular weight excluding hydrogens is 202 g/mol. The van der Waals surface area contributed by atoms with Crippen LogP contribution in [0.25, 0.3) is 10.7 Å². The third-order valence-corrected chi connectivity index (χ3v) is 2.62. The highest BCUT2D eigenvalue weighted by atomic mass is 32.1. The molecule has 6 heteroatoms. The van der Waals surface area contributed by atoms with Gasteiger partial charge in [0.1, 0.15) is 4.88 Å². The minimum atomic E-state index is -1.02. The Hall–Kier alpha value is -1.69. The van der Waals surface area contributed by atoms with Crippen molar-refractivity contribution in [3.8, 4) is 10.7 Å². The molecule has 0 aromatic carbocycles. The molecule has 72 valence electrons. The fourth-order valence-corrected chi connectivity index (χ4v) is 1.96. The smallest absolute Gasteiger partial charge is 0.356 e. The van der Waals surface area contributed by atoms with Crippen molar-refractivity contribution in [1.82, 2.24) is 14.5 Å². The van der Waals surface area contributed by atoms with Gasteiger partial charge in [-0.1, -0.05) is 0 Å². The quantitative estimate of drug-likeness (QED) is 0.808. The minimum Gasteiger partial charge on any atom is -0.476 e. The Kier molecular flexibility index (Phi) is 2.05. The highest BCUT2D eigenvalue weighted by Crippen LogP contribution is 2.25. The topological polar surface area (TPSA) is 68.0 Å². The number of carboxylic acid groups (broad SMARTS) is 1. The second-order valence-corrected chi connectivity index (χ2v) is 3.55. The molecule has 14 heavy (non-hydrogen) atoms. The number of nitrogens with zero attached hydrogens (tertiary/aromatic N) is 3. The molecule has 0 aliphatic carbocycles. The van der Waals surface area contributed by atoms with Crippen LogP contribution < -0.4 is 0 Å². The lowest BCUT2D eigenvalue weighted by Crippen LogP contribution is -2.00. The first-order valence-corrected chi connectivity index (χ1v) is 4.72. The van der Waals surface area contributed by atoms with Gasteiger partial charge in [-0.3, -0.25) is 0 Å². The molecule has 5 nitrogen and oxygen atoms in total. The van der Waals surface area contributed by atoms with Gasteiger partial charge in [-0.2, -0.15) is 0 Å². The molecule has 0 aliphatic heterocycles. The number of aromatic nitrogens is 3. The molecule has 0 bridgehead atoms. The zero-order chi connectivity index (χ0) is 10.1. The predicted molar refractivity (Wildman–Crippen MR) is 51.3 cm³/mol. The van der Waals surface area contributed by atoms with Gasteiger partial charge in [0, 0.05) is 19.4 Å². The van der Waals surface area contributed by atoms with Gasteiger partial charge in [-0.15, -0.1) is 11.3 Å². The summed E-state index contributed by atoms with van der Waals surface area (Å²) in [6, 6.07) is 0. The first-order valence-electron chi connectivity index (χ1n) is 3.84. The second-order valence-electron chi connectivity index (χ2n) is 2.70. The molecule has 0 aliphatic rings. The molecular formula is C8H7N3O2S. The van der Waals surface area contributed by atoms with E-state index in [0.717, 1.165) is 0 Å². The third-order valence-electron chi connectivity index (χ3n) is 1.79. The van der Waals surface area contributed by atoms with Crippen LogP contribution in [-0.4, -0.2) is 25.6 Å². The van der Waals surface area contributed by atoms with Crippen LogP contribution in [0.1, 0.15) is 10.5 Å². The van der Waals surface area contributed by atoms with Gasteiger partial charge in [0.05, 0.1) is 5.51 Å². The summed E-state index contributed by atoms with van der Waals surface area (Å²) in [6.45, 7) is 0. The standard InChI is InChI=1S/C8H7N3O2S/c1-11-3-2-9-7(11)6-5(8(12)13)10-4-14-6/h2-4H,1H3,(H,12,13). The van der Waals surface area contributed by atoms with Crippen LogP contribution in [0.5, 0.6) is 0 Å². The average Bonchev–Trinajstić information content (AvgIpc) is 2.70. The summed E-state index contributed by atoms with van der Waals surface area (Å²) in [5, 5.41) is 8.85. The zero-order valence-corrected chi connectivity index (χ0v) is 8.15. The van der Waals surface area contributed by atoms with E-state index in [4.69, 9.17) is 5.11 Å². The van der Waals surface area contributed by atoms with Crippen molar-refractivity contribution in [1.29, 1.82) is 0 Å². The highest BCUT2D eigenvalue weighted by Gasteiger charge is 2.17. The lowest BCUT2D eigenvalue weighted by atomic mass is 10.3. The maximum Gasteiger partial charge on any atom is 0.356 e. The van der Waals surface area contributed by atoms with Crippen molar-refractivity contribution in [3.05, 3.63) is 23.6 Å². The molecule has 1 N–H and O–H groups in total. The fourth-order valence-electron chi connectivity index (χ4n) is 1.14. The number of hydrogen-bond acceptors (Lipinski definition) is 4. The van der Waals surface area contributed by atoms with Crippen LogP contribution in [0.3, 0.4) is 0 Å². The Morgan fingerprint density at radius 2 is 2.36 bits per heavy atom. The number of aryl methyl sites for hydroxylation is 1. The van der Waals surface area contributed by atoms with E-state index in [1.165, 1.54) is 16.8 Å². The molecule has 2 aromatic heterocycles. The van der Waals surface area contributed by atoms with Gasteiger partial charge in [0.15, 0.2) is 11.5 Å². The van der Waals surface area contributed by atoms with Crippen molar-refractivity contribution in [2.24, 2.45) is 7.05 Å². The van der Waals surface area contributed by atoms with E-state index in [0.29, 0.717) is 10.7 Å². The van der Waals surface area contributed by atoms with Gasteiger partial charge >= 0.3 is 5.97 Å². The summed E-state index contributed by atoms with van der Waals surface area (Å²) in [6.07, 6.45) is 3.39. The van der Waals surface area contributed by atoms with E-state index in [9.17, 15) is 4.79 Å². The number of aromatic carboxylic acids is 1. The number of carbonyl (C=O) groups is 1. The molecule has 0 radical (unpaired) electrons. The van der Waals surface area contributed by atoms with E-state index in [-0.39, 0.29) is 5.69 Å². The summed E-state index contributed by atoms with van der Waals surface area (Å²) < 4.78 is 1.76. The molecule has 0 saturated heterocycles. The van der Waals surface area contributed by atoms with Crippen molar-refractivity contribution < 1.29 is 9.90 Å². The SMILES string of the molecule is Cn1ccnc1-c1scnc1C(=O)O. The van der Waals surface area contributed by atoms with Crippen molar-refractivity contribution in [2.75, 3.05) is 0 Å². The monoisotopic (exact) mass is 209 g/mol. The normalized spacial score (nSPS) is 10.4. The van der Waals surface area contributed by atoms with Crippen molar-refractivity contribution >= 4 is 17.3 Å². The lowest BCUT2D eigenvalue weighted by molar-refractivity contribution is 0.0692. The van der Waals surface area contributed by atoms with E-state index in [1.54, 1.807) is 17.0 Å². The van der Waals surface area contributed by atoms with Gasteiger partial charge < -0.3 is 9.67 Å². The Bertz CT molecular complexity index is 474. The van der Waals surface area contributed by atoms with Crippen molar-refractivity contribution in [2.45, 2.75) is 0 Å². The van der Waals surface area contributed by atoms with Gasteiger partial charge in [-0.25, -0.2) is 14.8 Å². The number of thiazole rings is 1. The molecule has 0 saturated carbocycles. The van der Waals surface area contributed by atoms with Crippen LogP contribution in [0.4, 0.5) is 0 Å². The van der Waals surface area contributed by atoms with Crippen LogP contribution in [0, 0.1) is 0 Å². The fraction of sp³-hybridized carbons (Fsp3) is 0.125. The maximum atomic E-state index is 10.8. The summed E-state index contributed by atoms with van der Waals surface area (Å²) in [5.74, 6) is -0.394. The minimum absolute atomic E-state index is 0.0595. The zero-order valence-electron chi connectivity index (χ0n) is 7.34. The molecule has 0 amide bonds. The summed E-state index contributed by atoms with van der Waals surface area (Å²) in [4.78, 5) is 19.2. The Morgan fingerprint density at radius 3 is 2.93 bits per heavy atom. The highest BCUT2D eigenvalue weighted by molar-refractivity contribution is 7.13. The van der Waals surface area contributed by atoms with Crippen LogP contribution in [0.2, 0.25) is 0 Å². The van der Waals surface area contributed by atoms with Crippen LogP contribution in [0.15, 0.2) is 17.9 Å². The molecule has 2 heterocycles. The van der Waals surface area contributed by atoms with Gasteiger partial charge in [-0.05, 0) is 0 Å². The third kappa shape index (κ3) is 1.29. The number of rotatable bonds is 2. The van der Waals surface area contributed by atoms with Crippen LogP contribution >= 0.6 is 11.3 Å². The Balaban J connectivity index is 2.57. The molecule has 0 spiro atoms. The molecule has 2 rings (SSSR count). The van der Waals surface area contributed by atoms with E-state index < -0.39 is 5.97 Å². The largest absolute Gasteiger partial charge is 0.476 e. The molecule has 0 unspecified atom stereocenters. The number of carboxylic acids is 1. The van der Waals surface area contributed by atoms with Gasteiger partial charge in [0.2, 0.25) is 0 Å². The molecule has 0 atom stereocenters. The predicted octanol–water partition coefficient (Wildman–Crippen LogP) is 1.24. The Morgan fingerprint density at radius 1 is 1.57 bits per heavy atom. The van der Waals surface area contributed by atoms with E-state index in [2.05, 4.69) is 9.97 Å². The summed E-state index contributed by atoms with van der Waals surface area (Å²) >= 11 is 1.27. The van der Waals surface area contributed by atoms with Gasteiger partial charge in [0.25, 0.3) is 0 Å².